The van der Waals surface area contributed by atoms with Crippen LogP contribution in [0.3, 0.4) is 0 Å². The number of nitrogens with zero attached hydrogens (tertiary/aromatic N) is 2. The van der Waals surface area contributed by atoms with Gasteiger partial charge in [0, 0.05) is 26.2 Å². The third kappa shape index (κ3) is 4.24. The van der Waals surface area contributed by atoms with Gasteiger partial charge in [-0.1, -0.05) is 0 Å². The van der Waals surface area contributed by atoms with Crippen LogP contribution in [0, 0.1) is 0 Å². The van der Waals surface area contributed by atoms with E-state index >= 15 is 0 Å². The number of rotatable bonds is 5. The molecule has 9 heteroatoms. The molecule has 8 nitrogen and oxygen atoms in total. The number of thiophene rings is 1. The molecule has 0 saturated carbocycles. The van der Waals surface area contributed by atoms with Crippen molar-refractivity contribution in [1.82, 2.24) is 9.80 Å². The highest BCUT2D eigenvalue weighted by Gasteiger charge is 2.28. The lowest BCUT2D eigenvalue weighted by Gasteiger charge is -2.36. The van der Waals surface area contributed by atoms with Crippen molar-refractivity contribution in [2.75, 3.05) is 38.1 Å². The molecule has 0 aliphatic carbocycles. The lowest BCUT2D eigenvalue weighted by molar-refractivity contribution is -0.121. The SMILES string of the molecule is CCOC(=O)N1CCN([C@H](C)C(=O)Nc2sccc2C(N)=O)CC1. The minimum atomic E-state index is -0.567. The molecule has 0 unspecified atom stereocenters. The molecule has 3 N–H and O–H groups in total. The van der Waals surface area contributed by atoms with E-state index in [0.29, 0.717) is 43.4 Å². The van der Waals surface area contributed by atoms with Gasteiger partial charge in [-0.15, -0.1) is 11.3 Å². The van der Waals surface area contributed by atoms with Gasteiger partial charge in [0.05, 0.1) is 18.2 Å². The molecule has 132 valence electrons. The van der Waals surface area contributed by atoms with E-state index in [4.69, 9.17) is 10.5 Å². The molecule has 3 amide bonds. The molecule has 0 aromatic carbocycles. The Hall–Kier alpha value is -2.13. The van der Waals surface area contributed by atoms with Crippen molar-refractivity contribution in [3.8, 4) is 0 Å². The van der Waals surface area contributed by atoms with Crippen LogP contribution in [0.2, 0.25) is 0 Å². The summed E-state index contributed by atoms with van der Waals surface area (Å²) in [5.41, 5.74) is 5.59. The first-order chi connectivity index (χ1) is 11.4. The Labute approximate surface area is 144 Å². The number of primary amides is 1. The molecule has 1 aromatic rings. The average molecular weight is 354 g/mol. The highest BCUT2D eigenvalue weighted by Crippen LogP contribution is 2.23. The minimum absolute atomic E-state index is 0.204. The second-order valence-electron chi connectivity index (χ2n) is 5.41. The summed E-state index contributed by atoms with van der Waals surface area (Å²) >= 11 is 1.26. The number of hydrogen-bond donors (Lipinski definition) is 2. The summed E-state index contributed by atoms with van der Waals surface area (Å²) in [4.78, 5) is 39.0. The number of carbonyl (C=O) groups is 3. The van der Waals surface area contributed by atoms with Crippen LogP contribution in [0.25, 0.3) is 0 Å². The van der Waals surface area contributed by atoms with Crippen LogP contribution in [-0.4, -0.2) is 66.5 Å². The Morgan fingerprint density at radius 2 is 2.00 bits per heavy atom. The number of carbonyl (C=O) groups excluding carboxylic acids is 3. The van der Waals surface area contributed by atoms with Crippen LogP contribution in [0.5, 0.6) is 0 Å². The van der Waals surface area contributed by atoms with E-state index in [1.807, 2.05) is 4.90 Å². The zero-order chi connectivity index (χ0) is 17.7. The van der Waals surface area contributed by atoms with Crippen molar-refractivity contribution in [1.29, 1.82) is 0 Å². The molecule has 1 aliphatic rings. The Kier molecular flexibility index (Phi) is 6.16. The van der Waals surface area contributed by atoms with Gasteiger partial charge in [-0.3, -0.25) is 14.5 Å². The Morgan fingerprint density at radius 1 is 1.33 bits per heavy atom. The van der Waals surface area contributed by atoms with E-state index in [1.165, 1.54) is 11.3 Å². The third-order valence-electron chi connectivity index (χ3n) is 3.93. The molecular formula is C15H22N4O4S. The highest BCUT2D eigenvalue weighted by atomic mass is 32.1. The summed E-state index contributed by atoms with van der Waals surface area (Å²) in [6, 6.07) is 1.21. The summed E-state index contributed by atoms with van der Waals surface area (Å²) in [6.07, 6.45) is -0.320. The van der Waals surface area contributed by atoms with Gasteiger partial charge in [-0.2, -0.15) is 0 Å². The van der Waals surface area contributed by atoms with Gasteiger partial charge in [-0.05, 0) is 25.3 Å². The summed E-state index contributed by atoms with van der Waals surface area (Å²) in [5.74, 6) is -0.771. The molecule has 1 aromatic heterocycles. The second kappa shape index (κ2) is 8.11. The monoisotopic (exact) mass is 354 g/mol. The van der Waals surface area contributed by atoms with Gasteiger partial charge in [0.2, 0.25) is 5.91 Å². The first-order valence-electron chi connectivity index (χ1n) is 7.78. The number of nitrogens with one attached hydrogen (secondary N) is 1. The second-order valence-corrected chi connectivity index (χ2v) is 6.33. The number of anilines is 1. The van der Waals surface area contributed by atoms with Gasteiger partial charge in [0.25, 0.3) is 5.91 Å². The standard InChI is InChI=1S/C15H22N4O4S/c1-3-23-15(22)19-7-5-18(6-8-19)10(2)13(21)17-14-11(12(16)20)4-9-24-14/h4,9-10H,3,5-8H2,1-2H3,(H2,16,20)(H,17,21)/t10-/m1/s1. The fraction of sp³-hybridized carbons (Fsp3) is 0.533. The molecule has 1 aliphatic heterocycles. The van der Waals surface area contributed by atoms with E-state index in [0.717, 1.165) is 0 Å². The smallest absolute Gasteiger partial charge is 0.409 e. The Bertz CT molecular complexity index is 610. The van der Waals surface area contributed by atoms with E-state index < -0.39 is 5.91 Å². The third-order valence-corrected chi connectivity index (χ3v) is 4.76. The van der Waals surface area contributed by atoms with Crippen LogP contribution in [0.15, 0.2) is 11.4 Å². The minimum Gasteiger partial charge on any atom is -0.450 e. The maximum Gasteiger partial charge on any atom is 0.409 e. The quantitative estimate of drug-likeness (QED) is 0.819. The Morgan fingerprint density at radius 3 is 2.58 bits per heavy atom. The molecule has 0 spiro atoms. The van der Waals surface area contributed by atoms with E-state index in [1.54, 1.807) is 30.2 Å². The summed E-state index contributed by atoms with van der Waals surface area (Å²) < 4.78 is 4.98. The fourth-order valence-corrected chi connectivity index (χ4v) is 3.28. The van der Waals surface area contributed by atoms with Crippen LogP contribution < -0.4 is 11.1 Å². The molecule has 0 bridgehead atoms. The van der Waals surface area contributed by atoms with Crippen molar-refractivity contribution in [3.05, 3.63) is 17.0 Å². The molecule has 1 fully saturated rings. The number of piperazine rings is 1. The van der Waals surface area contributed by atoms with Gasteiger partial charge in [0.15, 0.2) is 0 Å². The lowest BCUT2D eigenvalue weighted by atomic mass is 10.2. The molecule has 1 saturated heterocycles. The zero-order valence-electron chi connectivity index (χ0n) is 13.8. The molecule has 2 rings (SSSR count). The van der Waals surface area contributed by atoms with Crippen LogP contribution in [-0.2, 0) is 9.53 Å². The van der Waals surface area contributed by atoms with Gasteiger partial charge >= 0.3 is 6.09 Å². The van der Waals surface area contributed by atoms with Crippen molar-refractivity contribution in [3.63, 3.8) is 0 Å². The topological polar surface area (TPSA) is 105 Å². The van der Waals surface area contributed by atoms with Crippen molar-refractivity contribution in [2.45, 2.75) is 19.9 Å². The van der Waals surface area contributed by atoms with E-state index in [-0.39, 0.29) is 18.0 Å². The van der Waals surface area contributed by atoms with E-state index in [9.17, 15) is 14.4 Å². The van der Waals surface area contributed by atoms with Gasteiger partial charge in [-0.25, -0.2) is 4.79 Å². The lowest BCUT2D eigenvalue weighted by Crippen LogP contribution is -2.54. The maximum atomic E-state index is 12.4. The van der Waals surface area contributed by atoms with Gasteiger partial charge < -0.3 is 20.7 Å². The summed E-state index contributed by atoms with van der Waals surface area (Å²) in [7, 11) is 0. The summed E-state index contributed by atoms with van der Waals surface area (Å²) in [6.45, 7) is 6.12. The number of amides is 3. The van der Waals surface area contributed by atoms with E-state index in [2.05, 4.69) is 5.32 Å². The largest absolute Gasteiger partial charge is 0.450 e. The molecular weight excluding hydrogens is 332 g/mol. The van der Waals surface area contributed by atoms with Crippen molar-refractivity contribution in [2.24, 2.45) is 5.73 Å². The first kappa shape index (κ1) is 18.2. The molecule has 0 radical (unpaired) electrons. The molecule has 2 heterocycles. The van der Waals surface area contributed by atoms with Crippen LogP contribution in [0.4, 0.5) is 9.80 Å². The number of nitrogens with two attached hydrogens (primary N) is 1. The number of hydrogen-bond acceptors (Lipinski definition) is 6. The highest BCUT2D eigenvalue weighted by molar-refractivity contribution is 7.14. The predicted molar refractivity (Wildman–Crippen MR) is 91.1 cm³/mol. The number of ether oxygens (including phenoxy) is 1. The fourth-order valence-electron chi connectivity index (χ4n) is 2.49. The summed E-state index contributed by atoms with van der Waals surface area (Å²) in [5, 5.41) is 4.92. The maximum absolute atomic E-state index is 12.4. The Balaban J connectivity index is 1.89. The normalized spacial score (nSPS) is 16.5. The zero-order valence-corrected chi connectivity index (χ0v) is 14.6. The van der Waals surface area contributed by atoms with Crippen LogP contribution in [0.1, 0.15) is 24.2 Å². The molecule has 1 atom stereocenters. The van der Waals surface area contributed by atoms with Crippen molar-refractivity contribution >= 4 is 34.2 Å². The van der Waals surface area contributed by atoms with Crippen LogP contribution >= 0.6 is 11.3 Å². The first-order valence-corrected chi connectivity index (χ1v) is 8.66. The molecule has 24 heavy (non-hydrogen) atoms. The average Bonchev–Trinajstić information content (AvgIpc) is 3.03. The van der Waals surface area contributed by atoms with Gasteiger partial charge in [0.1, 0.15) is 5.00 Å². The predicted octanol–water partition coefficient (Wildman–Crippen LogP) is 0.948. The van der Waals surface area contributed by atoms with Crippen molar-refractivity contribution < 1.29 is 19.1 Å².